The maximum Gasteiger partial charge on any atom is 0.256 e. The van der Waals surface area contributed by atoms with E-state index >= 15 is 0 Å². The Morgan fingerprint density at radius 1 is 1.10 bits per heavy atom. The van der Waals surface area contributed by atoms with E-state index in [-0.39, 0.29) is 18.4 Å². The summed E-state index contributed by atoms with van der Waals surface area (Å²) in [5.41, 5.74) is 1.37. The Hall–Kier alpha value is -3.34. The molecule has 2 amide bonds. The standard InChI is InChI=1S/C26H28N2O3/c1-17(2)15-28-22-13-12-19(14-23(22)31-16-26(3,4)25(28)30)27-24(29)21-11-7-9-18-8-5-6-10-20(18)21/h5-14,17H,15-16H2,1-4H3,(H,27,29). The summed E-state index contributed by atoms with van der Waals surface area (Å²) in [4.78, 5) is 27.9. The molecule has 5 heteroatoms. The predicted octanol–water partition coefficient (Wildman–Crippen LogP) is 5.50. The van der Waals surface area contributed by atoms with Crippen molar-refractivity contribution in [2.45, 2.75) is 27.7 Å². The molecule has 1 aliphatic heterocycles. The van der Waals surface area contributed by atoms with E-state index in [1.54, 1.807) is 6.07 Å². The number of carbonyl (C=O) groups is 2. The smallest absolute Gasteiger partial charge is 0.256 e. The molecule has 0 atom stereocenters. The van der Waals surface area contributed by atoms with Crippen molar-refractivity contribution in [3.8, 4) is 5.75 Å². The molecule has 0 saturated heterocycles. The number of amides is 2. The highest BCUT2D eigenvalue weighted by atomic mass is 16.5. The second-order valence-corrected chi connectivity index (χ2v) is 9.15. The van der Waals surface area contributed by atoms with Crippen molar-refractivity contribution < 1.29 is 14.3 Å². The Balaban J connectivity index is 1.66. The summed E-state index contributed by atoms with van der Waals surface area (Å²) >= 11 is 0. The number of carbonyl (C=O) groups excluding carboxylic acids is 2. The van der Waals surface area contributed by atoms with Crippen molar-refractivity contribution in [2.75, 3.05) is 23.4 Å². The molecule has 0 spiro atoms. The molecule has 1 aliphatic rings. The average Bonchev–Trinajstić information content (AvgIpc) is 2.83. The Morgan fingerprint density at radius 3 is 2.61 bits per heavy atom. The van der Waals surface area contributed by atoms with Gasteiger partial charge in [0.1, 0.15) is 12.4 Å². The lowest BCUT2D eigenvalue weighted by Gasteiger charge is -2.29. The van der Waals surface area contributed by atoms with Crippen LogP contribution in [-0.2, 0) is 4.79 Å². The van der Waals surface area contributed by atoms with Crippen molar-refractivity contribution in [3.05, 3.63) is 66.2 Å². The normalized spacial score (nSPS) is 15.4. The SMILES string of the molecule is CC(C)CN1C(=O)C(C)(C)COc2cc(NC(=O)c3cccc4ccccc34)ccc21. The molecular formula is C26H28N2O3. The van der Waals surface area contributed by atoms with Crippen LogP contribution in [0.5, 0.6) is 5.75 Å². The molecule has 0 fully saturated rings. The quantitative estimate of drug-likeness (QED) is 0.611. The molecule has 160 valence electrons. The Morgan fingerprint density at radius 2 is 1.84 bits per heavy atom. The van der Waals surface area contributed by atoms with Gasteiger partial charge in [0.25, 0.3) is 5.91 Å². The molecule has 0 bridgehead atoms. The third-order valence-electron chi connectivity index (χ3n) is 5.50. The molecule has 1 N–H and O–H groups in total. The first-order valence-electron chi connectivity index (χ1n) is 10.6. The maximum absolute atomic E-state index is 13.1. The minimum Gasteiger partial charge on any atom is -0.490 e. The van der Waals surface area contributed by atoms with Gasteiger partial charge in [0.2, 0.25) is 5.91 Å². The highest BCUT2D eigenvalue weighted by Gasteiger charge is 2.38. The van der Waals surface area contributed by atoms with E-state index in [1.807, 2.05) is 73.3 Å². The predicted molar refractivity (Wildman–Crippen MR) is 125 cm³/mol. The van der Waals surface area contributed by atoms with Crippen LogP contribution in [0, 0.1) is 11.3 Å². The van der Waals surface area contributed by atoms with E-state index in [9.17, 15) is 9.59 Å². The highest BCUT2D eigenvalue weighted by Crippen LogP contribution is 2.38. The van der Waals surface area contributed by atoms with E-state index in [2.05, 4.69) is 19.2 Å². The number of benzene rings is 3. The molecule has 3 aromatic rings. The molecule has 4 rings (SSSR count). The van der Waals surface area contributed by atoms with Crippen molar-refractivity contribution in [2.24, 2.45) is 11.3 Å². The second kappa shape index (κ2) is 8.06. The van der Waals surface area contributed by atoms with Gasteiger partial charge in [0, 0.05) is 23.9 Å². The van der Waals surface area contributed by atoms with Crippen LogP contribution in [0.2, 0.25) is 0 Å². The minimum atomic E-state index is -0.625. The van der Waals surface area contributed by atoms with Crippen molar-refractivity contribution in [1.82, 2.24) is 0 Å². The summed E-state index contributed by atoms with van der Waals surface area (Å²) < 4.78 is 6.03. The first-order chi connectivity index (χ1) is 14.8. The number of fused-ring (bicyclic) bond motifs is 2. The molecule has 3 aromatic carbocycles. The van der Waals surface area contributed by atoms with E-state index in [4.69, 9.17) is 4.74 Å². The third kappa shape index (κ3) is 4.13. The zero-order valence-electron chi connectivity index (χ0n) is 18.4. The van der Waals surface area contributed by atoms with Crippen molar-refractivity contribution >= 4 is 34.0 Å². The van der Waals surface area contributed by atoms with Crippen molar-refractivity contribution in [1.29, 1.82) is 0 Å². The van der Waals surface area contributed by atoms with Gasteiger partial charge in [0.05, 0.1) is 11.1 Å². The Kier molecular flexibility index (Phi) is 5.44. The van der Waals surface area contributed by atoms with Crippen LogP contribution < -0.4 is 15.0 Å². The number of nitrogens with zero attached hydrogens (tertiary/aromatic N) is 1. The number of ether oxygens (including phenoxy) is 1. The lowest BCUT2D eigenvalue weighted by Crippen LogP contribution is -2.43. The number of hydrogen-bond donors (Lipinski definition) is 1. The molecular weight excluding hydrogens is 388 g/mol. The number of rotatable bonds is 4. The molecule has 31 heavy (non-hydrogen) atoms. The lowest BCUT2D eigenvalue weighted by atomic mass is 9.92. The largest absolute Gasteiger partial charge is 0.490 e. The summed E-state index contributed by atoms with van der Waals surface area (Å²) in [6.45, 7) is 8.87. The molecule has 0 saturated carbocycles. The second-order valence-electron chi connectivity index (χ2n) is 9.15. The fraction of sp³-hybridized carbons (Fsp3) is 0.308. The monoisotopic (exact) mass is 416 g/mol. The van der Waals surface area contributed by atoms with Gasteiger partial charge in [0.15, 0.2) is 0 Å². The van der Waals surface area contributed by atoms with Crippen LogP contribution in [0.15, 0.2) is 60.7 Å². The molecule has 0 unspecified atom stereocenters. The fourth-order valence-corrected chi connectivity index (χ4v) is 3.89. The topological polar surface area (TPSA) is 58.6 Å². The molecule has 5 nitrogen and oxygen atoms in total. The van der Waals surface area contributed by atoms with E-state index < -0.39 is 5.41 Å². The molecule has 0 aliphatic carbocycles. The van der Waals surface area contributed by atoms with Crippen LogP contribution in [-0.4, -0.2) is 25.0 Å². The fourth-order valence-electron chi connectivity index (χ4n) is 3.89. The Bertz CT molecular complexity index is 1150. The molecule has 0 radical (unpaired) electrons. The van der Waals surface area contributed by atoms with E-state index in [0.717, 1.165) is 16.5 Å². The Labute approximate surface area is 183 Å². The van der Waals surface area contributed by atoms with Gasteiger partial charge in [-0.3, -0.25) is 9.59 Å². The summed E-state index contributed by atoms with van der Waals surface area (Å²) in [6.07, 6.45) is 0. The van der Waals surface area contributed by atoms with Crippen molar-refractivity contribution in [3.63, 3.8) is 0 Å². The van der Waals surface area contributed by atoms with Crippen LogP contribution in [0.1, 0.15) is 38.1 Å². The summed E-state index contributed by atoms with van der Waals surface area (Å²) in [5, 5.41) is 4.91. The molecule has 0 aromatic heterocycles. The summed E-state index contributed by atoms with van der Waals surface area (Å²) in [7, 11) is 0. The van der Waals surface area contributed by atoms with E-state index in [1.165, 1.54) is 0 Å². The highest BCUT2D eigenvalue weighted by molar-refractivity contribution is 6.13. The number of nitrogens with one attached hydrogen (secondary N) is 1. The van der Waals surface area contributed by atoms with Crippen LogP contribution in [0.3, 0.4) is 0 Å². The summed E-state index contributed by atoms with van der Waals surface area (Å²) in [5.74, 6) is 0.792. The minimum absolute atomic E-state index is 0.0486. The van der Waals surface area contributed by atoms with E-state index in [0.29, 0.717) is 29.5 Å². The van der Waals surface area contributed by atoms with Gasteiger partial charge < -0.3 is 15.0 Å². The summed E-state index contributed by atoms with van der Waals surface area (Å²) in [6, 6.07) is 19.0. The van der Waals surface area contributed by atoms with Gasteiger partial charge in [-0.05, 0) is 48.7 Å². The van der Waals surface area contributed by atoms with Gasteiger partial charge >= 0.3 is 0 Å². The maximum atomic E-state index is 13.1. The lowest BCUT2D eigenvalue weighted by molar-refractivity contribution is -0.127. The number of anilines is 2. The first-order valence-corrected chi connectivity index (χ1v) is 10.6. The van der Waals surface area contributed by atoms with Crippen LogP contribution in [0.4, 0.5) is 11.4 Å². The van der Waals surface area contributed by atoms with Crippen LogP contribution >= 0.6 is 0 Å². The van der Waals surface area contributed by atoms with Crippen LogP contribution in [0.25, 0.3) is 10.8 Å². The average molecular weight is 417 g/mol. The first kappa shape index (κ1) is 20.9. The van der Waals surface area contributed by atoms with Gasteiger partial charge in [-0.2, -0.15) is 0 Å². The number of hydrogen-bond acceptors (Lipinski definition) is 3. The molecule has 1 heterocycles. The van der Waals surface area contributed by atoms with Gasteiger partial charge in [-0.1, -0.05) is 50.2 Å². The van der Waals surface area contributed by atoms with Gasteiger partial charge in [-0.25, -0.2) is 0 Å². The third-order valence-corrected chi connectivity index (χ3v) is 5.50. The van der Waals surface area contributed by atoms with Gasteiger partial charge in [-0.15, -0.1) is 0 Å². The zero-order valence-corrected chi connectivity index (χ0v) is 18.4. The zero-order chi connectivity index (χ0) is 22.2.